The van der Waals surface area contributed by atoms with Crippen molar-refractivity contribution in [2.24, 2.45) is 5.41 Å². The van der Waals surface area contributed by atoms with Crippen LogP contribution in [0.3, 0.4) is 0 Å². The van der Waals surface area contributed by atoms with E-state index in [-0.39, 0.29) is 0 Å². The maximum Gasteiger partial charge on any atom is 0.0542 e. The summed E-state index contributed by atoms with van der Waals surface area (Å²) in [7, 11) is 0. The van der Waals surface area contributed by atoms with Crippen molar-refractivity contribution in [3.63, 3.8) is 0 Å². The lowest BCUT2D eigenvalue weighted by Crippen LogP contribution is -2.22. The molecule has 0 aliphatic heterocycles. The van der Waals surface area contributed by atoms with Gasteiger partial charge >= 0.3 is 0 Å². The summed E-state index contributed by atoms with van der Waals surface area (Å²) in [6.07, 6.45) is 30.3. The van der Waals surface area contributed by atoms with Gasteiger partial charge in [-0.05, 0) is 152 Å². The molecule has 12 rings (SSSR count). The Morgan fingerprint density at radius 2 is 1.05 bits per heavy atom. The van der Waals surface area contributed by atoms with E-state index in [1.54, 1.807) is 0 Å². The number of fused-ring (bicyclic) bond motifs is 6. The Hall–Kier alpha value is -10.3. The molecule has 9 aromatic carbocycles. The number of terminal acetylenes is 2. The first-order valence-corrected chi connectivity index (χ1v) is 26.9. The van der Waals surface area contributed by atoms with Gasteiger partial charge in [0.2, 0.25) is 0 Å². The van der Waals surface area contributed by atoms with Gasteiger partial charge in [-0.3, -0.25) is 0 Å². The summed E-state index contributed by atoms with van der Waals surface area (Å²) < 4.78 is 4.62. The predicted molar refractivity (Wildman–Crippen MR) is 337 cm³/mol. The Bertz CT molecular complexity index is 4390. The van der Waals surface area contributed by atoms with E-state index in [1.165, 1.54) is 21.9 Å². The first-order chi connectivity index (χ1) is 38.8. The van der Waals surface area contributed by atoms with Crippen LogP contribution < -0.4 is 9.80 Å². The minimum Gasteiger partial charge on any atom is -0.314 e. The zero-order chi connectivity index (χ0) is 53.9. The molecule has 1 aliphatic carbocycles. The molecule has 0 bridgehead atoms. The molecule has 1 aliphatic rings. The van der Waals surface area contributed by atoms with Crippen molar-refractivity contribution in [1.29, 1.82) is 0 Å². The van der Waals surface area contributed by atoms with Crippen molar-refractivity contribution in [2.45, 2.75) is 27.2 Å². The van der Waals surface area contributed by atoms with Crippen LogP contribution in [0, 0.1) is 30.1 Å². The number of hydrogen-bond acceptors (Lipinski definition) is 2. The Kier molecular flexibility index (Phi) is 13.4. The number of benzene rings is 9. The molecule has 2 heterocycles. The largest absolute Gasteiger partial charge is 0.314 e. The van der Waals surface area contributed by atoms with E-state index in [0.717, 1.165) is 95.1 Å². The highest BCUT2D eigenvalue weighted by Crippen LogP contribution is 2.44. The minimum atomic E-state index is -0.463. The molecule has 0 spiro atoms. The molecule has 0 saturated carbocycles. The molecule has 0 amide bonds. The third-order valence-electron chi connectivity index (χ3n) is 15.3. The van der Waals surface area contributed by atoms with Crippen LogP contribution in [-0.4, -0.2) is 9.13 Å². The predicted octanol–water partition coefficient (Wildman–Crippen LogP) is 19.6. The summed E-state index contributed by atoms with van der Waals surface area (Å²) in [6.45, 7) is 6.43. The highest BCUT2D eigenvalue weighted by Gasteiger charge is 2.29. The first kappa shape index (κ1) is 49.6. The summed E-state index contributed by atoms with van der Waals surface area (Å²) >= 11 is 0. The molecule has 0 saturated heterocycles. The number of para-hydroxylation sites is 3. The third-order valence-corrected chi connectivity index (χ3v) is 15.3. The molecule has 0 fully saturated rings. The van der Waals surface area contributed by atoms with E-state index in [9.17, 15) is 0 Å². The van der Waals surface area contributed by atoms with E-state index < -0.39 is 5.41 Å². The van der Waals surface area contributed by atoms with E-state index in [4.69, 9.17) is 12.8 Å². The lowest BCUT2D eigenvalue weighted by Gasteiger charge is -2.33. The lowest BCUT2D eigenvalue weighted by molar-refractivity contribution is 0.531. The van der Waals surface area contributed by atoms with Crippen LogP contribution in [-0.2, 0) is 0 Å². The maximum atomic E-state index is 6.58. The van der Waals surface area contributed by atoms with Crippen LogP contribution >= 0.6 is 0 Å². The number of aromatic nitrogens is 2. The zero-order valence-corrected chi connectivity index (χ0v) is 44.6. The van der Waals surface area contributed by atoms with Crippen LogP contribution in [0.1, 0.15) is 27.2 Å². The number of rotatable bonds is 13. The van der Waals surface area contributed by atoms with Crippen LogP contribution in [0.5, 0.6) is 0 Å². The molecular weight excluding hydrogens is 957 g/mol. The summed E-state index contributed by atoms with van der Waals surface area (Å²) in [5.41, 5.74) is 17.9. The fraction of sp³-hybridized carbons (Fsp3) is 0.0667. The molecule has 1 unspecified atom stereocenters. The highest BCUT2D eigenvalue weighted by molar-refractivity contribution is 6.12. The van der Waals surface area contributed by atoms with Gasteiger partial charge in [-0.1, -0.05) is 177 Å². The Morgan fingerprint density at radius 1 is 0.532 bits per heavy atom. The van der Waals surface area contributed by atoms with Crippen LogP contribution in [0.4, 0.5) is 22.7 Å². The summed E-state index contributed by atoms with van der Waals surface area (Å²) in [4.78, 5) is 4.72. The third kappa shape index (κ3) is 9.37. The smallest absolute Gasteiger partial charge is 0.0542 e. The Balaban J connectivity index is 0.938. The van der Waals surface area contributed by atoms with Gasteiger partial charge in [0.15, 0.2) is 0 Å². The van der Waals surface area contributed by atoms with E-state index >= 15 is 0 Å². The van der Waals surface area contributed by atoms with Gasteiger partial charge < -0.3 is 18.9 Å². The SMILES string of the molecule is C#C/C=C(\C=C/C)n1c2ccccc2c2cc(N(/C(C)=C/C=C(\C#C)C3(C)C=CC(N(c4cccc(-c5ccccc5)c4)c4ccc5c(c4)c4ccccc4n5-c4ccccc4)=CC3)c3cccc(-c4ccccc4)c3)ccc21. The molecule has 0 N–H and O–H groups in total. The Labute approximate surface area is 463 Å². The second-order valence-corrected chi connectivity index (χ2v) is 20.3. The van der Waals surface area contributed by atoms with Crippen molar-refractivity contribution in [3.05, 3.63) is 290 Å². The van der Waals surface area contributed by atoms with Gasteiger partial charge in [0, 0.05) is 78.4 Å². The van der Waals surface area contributed by atoms with Crippen LogP contribution in [0.25, 0.3) is 77.2 Å². The minimum absolute atomic E-state index is 0.463. The molecule has 2 aromatic heterocycles. The van der Waals surface area contributed by atoms with Crippen molar-refractivity contribution < 1.29 is 0 Å². The van der Waals surface area contributed by atoms with Crippen LogP contribution in [0.2, 0.25) is 0 Å². The van der Waals surface area contributed by atoms with Gasteiger partial charge in [0.1, 0.15) is 0 Å². The second-order valence-electron chi connectivity index (χ2n) is 20.3. The fourth-order valence-electron chi connectivity index (χ4n) is 11.5. The molecule has 378 valence electrons. The average Bonchev–Trinajstić information content (AvgIpc) is 4.26. The number of allylic oxidation sites excluding steroid dienone is 11. The first-order valence-electron chi connectivity index (χ1n) is 26.9. The van der Waals surface area contributed by atoms with Gasteiger partial charge in [0.05, 0.1) is 27.8 Å². The molecule has 1 atom stereocenters. The zero-order valence-electron chi connectivity index (χ0n) is 44.6. The van der Waals surface area contributed by atoms with Crippen molar-refractivity contribution in [2.75, 3.05) is 9.80 Å². The number of nitrogens with zero attached hydrogens (tertiary/aromatic N) is 4. The van der Waals surface area contributed by atoms with Crippen LogP contribution in [0.15, 0.2) is 290 Å². The quantitative estimate of drug-likeness (QED) is 0.0845. The topological polar surface area (TPSA) is 16.3 Å². The van der Waals surface area contributed by atoms with Crippen molar-refractivity contribution >= 4 is 72.1 Å². The normalized spacial score (nSPS) is 14.9. The lowest BCUT2D eigenvalue weighted by atomic mass is 9.76. The number of anilines is 4. The standard InChI is InChI=1S/C75H58N4/c1-6-24-60(25-7-2)78-71-38-20-18-36-67(71)69-52-65(42-44-73(69)78)76(63-34-22-30-57(50-63)55-26-12-9-13-27-55)54(4)40-41-59(8-3)75(5)48-46-62(47-49-75)77(64-35-23-31-58(51-64)56-28-14-10-15-29-56)66-43-45-74-70(53-66)68-37-19-21-39-72(68)79(74)61-32-16-11-17-33-61/h1,3,7,9-48,50-53H,49H2,2,4-5H3/b25-7-,54-40+,59-41+,60-24+. The summed E-state index contributed by atoms with van der Waals surface area (Å²) in [5.74, 6) is 5.93. The Morgan fingerprint density at radius 3 is 1.71 bits per heavy atom. The van der Waals surface area contributed by atoms with Gasteiger partial charge in [-0.2, -0.15) is 0 Å². The maximum absolute atomic E-state index is 6.58. The van der Waals surface area contributed by atoms with E-state index in [0.29, 0.717) is 6.42 Å². The van der Waals surface area contributed by atoms with Gasteiger partial charge in [0.25, 0.3) is 0 Å². The molecule has 4 nitrogen and oxygen atoms in total. The summed E-state index contributed by atoms with van der Waals surface area (Å²) in [5, 5.41) is 4.66. The number of hydrogen-bond donors (Lipinski definition) is 0. The molecule has 0 radical (unpaired) electrons. The highest BCUT2D eigenvalue weighted by atomic mass is 15.2. The fourth-order valence-corrected chi connectivity index (χ4v) is 11.5. The van der Waals surface area contributed by atoms with Gasteiger partial charge in [-0.15, -0.1) is 12.8 Å². The van der Waals surface area contributed by atoms with E-state index in [2.05, 4.69) is 306 Å². The molecule has 79 heavy (non-hydrogen) atoms. The monoisotopic (exact) mass is 1010 g/mol. The summed E-state index contributed by atoms with van der Waals surface area (Å²) in [6, 6.07) is 80.2. The van der Waals surface area contributed by atoms with E-state index in [1.807, 2.05) is 19.1 Å². The van der Waals surface area contributed by atoms with Crippen molar-refractivity contribution in [1.82, 2.24) is 9.13 Å². The second kappa shape index (κ2) is 21.4. The molecule has 11 aromatic rings. The molecule has 4 heteroatoms. The average molecular weight is 1020 g/mol. The van der Waals surface area contributed by atoms with Crippen molar-refractivity contribution in [3.8, 4) is 52.6 Å². The molecular formula is C75H58N4. The van der Waals surface area contributed by atoms with Gasteiger partial charge in [-0.25, -0.2) is 0 Å².